The van der Waals surface area contributed by atoms with Gasteiger partial charge in [-0.2, -0.15) is 0 Å². The molecule has 4 atom stereocenters. The van der Waals surface area contributed by atoms with Crippen molar-refractivity contribution >= 4 is 22.9 Å². The van der Waals surface area contributed by atoms with Crippen LogP contribution < -0.4 is 10.6 Å². The Morgan fingerprint density at radius 1 is 1.19 bits per heavy atom. The highest BCUT2D eigenvalue weighted by atomic mass is 19.1. The van der Waals surface area contributed by atoms with Crippen LogP contribution in [0, 0.1) is 12.7 Å². The van der Waals surface area contributed by atoms with Crippen molar-refractivity contribution in [2.24, 2.45) is 0 Å². The van der Waals surface area contributed by atoms with Gasteiger partial charge in [0.05, 0.1) is 24.8 Å². The number of aromatic nitrogens is 6. The lowest BCUT2D eigenvalue weighted by atomic mass is 10.1. The number of aryl methyl sites for hydroxylation is 1. The van der Waals surface area contributed by atoms with Crippen molar-refractivity contribution in [2.75, 3.05) is 12.4 Å². The van der Waals surface area contributed by atoms with Gasteiger partial charge in [-0.1, -0.05) is 0 Å². The molecule has 5 rings (SSSR count). The molecule has 36 heavy (non-hydrogen) atoms. The molecule has 0 radical (unpaired) electrons. The molecule has 0 aromatic carbocycles. The molecule has 0 spiro atoms. The van der Waals surface area contributed by atoms with E-state index in [4.69, 9.17) is 4.74 Å². The number of anilines is 1. The van der Waals surface area contributed by atoms with Gasteiger partial charge in [0.15, 0.2) is 35.1 Å². The average Bonchev–Trinajstić information content (AvgIpc) is 3.43. The van der Waals surface area contributed by atoms with E-state index in [-0.39, 0.29) is 11.5 Å². The molecule has 4 N–H and O–H groups in total. The molecule has 4 unspecified atom stereocenters. The highest BCUT2D eigenvalue weighted by Gasteiger charge is 2.47. The van der Waals surface area contributed by atoms with Crippen molar-refractivity contribution in [3.63, 3.8) is 0 Å². The zero-order valence-electron chi connectivity index (χ0n) is 19.3. The number of hydrogen-bond acceptors (Lipinski definition) is 10. The molecule has 5 heterocycles. The third-order valence-electron chi connectivity index (χ3n) is 5.81. The van der Waals surface area contributed by atoms with Crippen LogP contribution in [0.4, 0.5) is 10.2 Å². The second-order valence-electron chi connectivity index (χ2n) is 8.33. The van der Waals surface area contributed by atoms with Gasteiger partial charge in [0.25, 0.3) is 5.91 Å². The maximum atomic E-state index is 13.9. The van der Waals surface area contributed by atoms with E-state index in [1.807, 2.05) is 19.1 Å². The van der Waals surface area contributed by atoms with Gasteiger partial charge in [-0.25, -0.2) is 19.3 Å². The van der Waals surface area contributed by atoms with Crippen molar-refractivity contribution in [1.29, 1.82) is 0 Å². The largest absolute Gasteiger partial charge is 0.387 e. The molecule has 12 nitrogen and oxygen atoms in total. The van der Waals surface area contributed by atoms with Crippen LogP contribution in [0.2, 0.25) is 0 Å². The maximum absolute atomic E-state index is 13.9. The Morgan fingerprint density at radius 2 is 2.03 bits per heavy atom. The van der Waals surface area contributed by atoms with Gasteiger partial charge in [0, 0.05) is 25.0 Å². The standard InChI is InChI=1S/C23H23FN8O4/c1-11-3-4-27-14(5-11)9-28-20-15-21(31-19(30-20)12-6-13(24)8-26-7-12)32(10-29-15)23-17(34)16(33)18(36-23)22(35)25-2/h3-8,10,16-18,23,33-34H,9H2,1-2H3,(H,25,35)(H,28,30,31). The van der Waals surface area contributed by atoms with Crippen LogP contribution >= 0.6 is 0 Å². The number of imidazole rings is 1. The zero-order valence-corrected chi connectivity index (χ0v) is 19.3. The van der Waals surface area contributed by atoms with E-state index in [1.165, 1.54) is 30.2 Å². The van der Waals surface area contributed by atoms with Gasteiger partial charge in [-0.05, 0) is 30.7 Å². The minimum Gasteiger partial charge on any atom is -0.387 e. The number of nitrogens with one attached hydrogen (secondary N) is 2. The number of amides is 1. The zero-order chi connectivity index (χ0) is 25.4. The number of halogens is 1. The highest BCUT2D eigenvalue weighted by molar-refractivity contribution is 5.85. The Hall–Kier alpha value is -4.07. The summed E-state index contributed by atoms with van der Waals surface area (Å²) < 4.78 is 21.0. The molecule has 0 saturated carbocycles. The van der Waals surface area contributed by atoms with E-state index in [2.05, 4.69) is 35.6 Å². The van der Waals surface area contributed by atoms with Crippen LogP contribution in [0.5, 0.6) is 0 Å². The summed E-state index contributed by atoms with van der Waals surface area (Å²) in [6.45, 7) is 2.28. The highest BCUT2D eigenvalue weighted by Crippen LogP contribution is 2.33. The number of fused-ring (bicyclic) bond motifs is 1. The van der Waals surface area contributed by atoms with E-state index in [1.54, 1.807) is 6.20 Å². The minimum absolute atomic E-state index is 0.145. The van der Waals surface area contributed by atoms with E-state index < -0.39 is 36.3 Å². The Bertz CT molecular complexity index is 1430. The second-order valence-corrected chi connectivity index (χ2v) is 8.33. The normalized spacial score (nSPS) is 21.6. The Labute approximate surface area is 204 Å². The molecule has 4 aromatic rings. The topological polar surface area (TPSA) is 160 Å². The van der Waals surface area contributed by atoms with Crippen LogP contribution in [0.1, 0.15) is 17.5 Å². The van der Waals surface area contributed by atoms with Gasteiger partial charge in [0.1, 0.15) is 18.0 Å². The number of aliphatic hydroxyl groups is 2. The molecular formula is C23H23FN8O4. The van der Waals surface area contributed by atoms with Gasteiger partial charge < -0.3 is 25.6 Å². The minimum atomic E-state index is -1.47. The summed E-state index contributed by atoms with van der Waals surface area (Å²) in [5.41, 5.74) is 2.70. The average molecular weight is 494 g/mol. The predicted octanol–water partition coefficient (Wildman–Crippen LogP) is 0.708. The molecule has 1 aliphatic heterocycles. The molecule has 1 fully saturated rings. The van der Waals surface area contributed by atoms with Crippen LogP contribution in [0.25, 0.3) is 22.6 Å². The van der Waals surface area contributed by atoms with Gasteiger partial charge in [-0.3, -0.25) is 19.3 Å². The number of aliphatic hydroxyl groups excluding tert-OH is 2. The number of rotatable bonds is 6. The lowest BCUT2D eigenvalue weighted by Gasteiger charge is -2.17. The first-order valence-electron chi connectivity index (χ1n) is 11.1. The first kappa shape index (κ1) is 23.7. The quantitative estimate of drug-likeness (QED) is 0.300. The molecule has 1 saturated heterocycles. The molecule has 1 amide bonds. The molecule has 0 aliphatic carbocycles. The van der Waals surface area contributed by atoms with Crippen molar-refractivity contribution < 1.29 is 24.1 Å². The summed E-state index contributed by atoms with van der Waals surface area (Å²) in [6.07, 6.45) is 0.209. The number of hydrogen-bond donors (Lipinski definition) is 4. The number of ether oxygens (including phenoxy) is 1. The van der Waals surface area contributed by atoms with Gasteiger partial charge in [0.2, 0.25) is 0 Å². The third-order valence-corrected chi connectivity index (χ3v) is 5.81. The summed E-state index contributed by atoms with van der Waals surface area (Å²) in [6, 6.07) is 5.05. The van der Waals surface area contributed by atoms with Crippen molar-refractivity contribution in [3.8, 4) is 11.4 Å². The van der Waals surface area contributed by atoms with E-state index in [0.29, 0.717) is 23.4 Å². The van der Waals surface area contributed by atoms with E-state index in [9.17, 15) is 19.4 Å². The fraction of sp³-hybridized carbons (Fsp3) is 0.304. The molecule has 1 aliphatic rings. The van der Waals surface area contributed by atoms with Crippen LogP contribution in [0.15, 0.2) is 43.1 Å². The first-order chi connectivity index (χ1) is 17.4. The van der Waals surface area contributed by atoms with Crippen molar-refractivity contribution in [2.45, 2.75) is 38.0 Å². The number of pyridine rings is 2. The molecule has 4 aromatic heterocycles. The maximum Gasteiger partial charge on any atom is 0.251 e. The number of nitrogens with zero attached hydrogens (tertiary/aromatic N) is 6. The van der Waals surface area contributed by atoms with Crippen molar-refractivity contribution in [1.82, 2.24) is 34.8 Å². The first-order valence-corrected chi connectivity index (χ1v) is 11.1. The lowest BCUT2D eigenvalue weighted by molar-refractivity contribution is -0.137. The summed E-state index contributed by atoms with van der Waals surface area (Å²) in [5, 5.41) is 26.6. The van der Waals surface area contributed by atoms with Gasteiger partial charge >= 0.3 is 0 Å². The summed E-state index contributed by atoms with van der Waals surface area (Å²) in [7, 11) is 1.40. The Morgan fingerprint density at radius 3 is 2.78 bits per heavy atom. The molecule has 186 valence electrons. The molecule has 0 bridgehead atoms. The van der Waals surface area contributed by atoms with E-state index in [0.717, 1.165) is 17.5 Å². The van der Waals surface area contributed by atoms with Crippen molar-refractivity contribution in [3.05, 3.63) is 60.2 Å². The predicted molar refractivity (Wildman–Crippen MR) is 125 cm³/mol. The number of likely N-dealkylation sites (N-methyl/N-ethyl adjacent to an activating group) is 1. The summed E-state index contributed by atoms with van der Waals surface area (Å²) in [5.74, 6) is -0.666. The van der Waals surface area contributed by atoms with E-state index >= 15 is 0 Å². The summed E-state index contributed by atoms with van der Waals surface area (Å²) in [4.78, 5) is 33.8. The number of carbonyl (C=O) groups is 1. The van der Waals surface area contributed by atoms with Crippen LogP contribution in [0.3, 0.4) is 0 Å². The Kier molecular flexibility index (Phi) is 6.26. The lowest BCUT2D eigenvalue weighted by Crippen LogP contribution is -2.41. The second kappa shape index (κ2) is 9.53. The SMILES string of the molecule is CNC(=O)C1OC(n2cnc3c(NCc4cc(C)ccn4)nc(-c4cncc(F)c4)nc32)C(O)C1O. The molecule has 13 heteroatoms. The monoisotopic (exact) mass is 494 g/mol. The fourth-order valence-electron chi connectivity index (χ4n) is 4.01. The fourth-order valence-corrected chi connectivity index (χ4v) is 4.01. The summed E-state index contributed by atoms with van der Waals surface area (Å²) >= 11 is 0. The van der Waals surface area contributed by atoms with Crippen LogP contribution in [-0.2, 0) is 16.1 Å². The smallest absolute Gasteiger partial charge is 0.251 e. The third kappa shape index (κ3) is 4.34. The van der Waals surface area contributed by atoms with Crippen LogP contribution in [-0.4, -0.2) is 71.0 Å². The molecular weight excluding hydrogens is 471 g/mol. The number of carbonyl (C=O) groups excluding carboxylic acids is 1. The van der Waals surface area contributed by atoms with Gasteiger partial charge in [-0.15, -0.1) is 0 Å². The Balaban J connectivity index is 1.58.